The largest absolute Gasteiger partial charge is 0.356 e. The van der Waals surface area contributed by atoms with E-state index in [1.807, 2.05) is 26.0 Å². The molecule has 0 bridgehead atoms. The van der Waals surface area contributed by atoms with Crippen molar-refractivity contribution >= 4 is 15.9 Å². The van der Waals surface area contributed by atoms with Crippen LogP contribution in [0.2, 0.25) is 0 Å². The van der Waals surface area contributed by atoms with Gasteiger partial charge in [0, 0.05) is 19.6 Å². The van der Waals surface area contributed by atoms with E-state index in [1.54, 1.807) is 6.07 Å². The highest BCUT2D eigenvalue weighted by Gasteiger charge is 2.47. The lowest BCUT2D eigenvalue weighted by Gasteiger charge is -2.37. The average Bonchev–Trinajstić information content (AvgIpc) is 2.79. The molecular weight excluding hydrogens is 300 g/mol. The summed E-state index contributed by atoms with van der Waals surface area (Å²) in [5, 5.41) is 2.85. The van der Waals surface area contributed by atoms with Gasteiger partial charge in [-0.05, 0) is 44.7 Å². The number of sulfonamides is 1. The van der Waals surface area contributed by atoms with Crippen molar-refractivity contribution < 1.29 is 13.2 Å². The lowest BCUT2D eigenvalue weighted by atomic mass is 9.79. The number of rotatable bonds is 2. The van der Waals surface area contributed by atoms with Crippen molar-refractivity contribution in [2.45, 2.75) is 38.0 Å². The molecule has 2 heterocycles. The molecule has 1 atom stereocenters. The highest BCUT2D eigenvalue weighted by atomic mass is 32.2. The van der Waals surface area contributed by atoms with Gasteiger partial charge in [-0.1, -0.05) is 17.7 Å². The highest BCUT2D eigenvalue weighted by Crippen LogP contribution is 2.38. The summed E-state index contributed by atoms with van der Waals surface area (Å²) in [7, 11) is -3.54. The van der Waals surface area contributed by atoms with Crippen molar-refractivity contribution in [3.05, 3.63) is 29.3 Å². The molecule has 6 heteroatoms. The first-order valence-corrected chi connectivity index (χ1v) is 9.15. The number of benzene rings is 1. The fourth-order valence-corrected chi connectivity index (χ4v) is 5.40. The molecule has 2 aliphatic rings. The van der Waals surface area contributed by atoms with Crippen LogP contribution in [-0.4, -0.2) is 38.3 Å². The summed E-state index contributed by atoms with van der Waals surface area (Å²) in [6.07, 6.45) is 2.24. The topological polar surface area (TPSA) is 66.5 Å². The molecule has 3 rings (SSSR count). The summed E-state index contributed by atoms with van der Waals surface area (Å²) < 4.78 is 27.4. The first-order valence-electron chi connectivity index (χ1n) is 7.71. The summed E-state index contributed by atoms with van der Waals surface area (Å²) >= 11 is 0. The Kier molecular flexibility index (Phi) is 3.77. The summed E-state index contributed by atoms with van der Waals surface area (Å²) in [6.45, 7) is 5.21. The maximum Gasteiger partial charge on any atom is 0.243 e. The number of amides is 1. The summed E-state index contributed by atoms with van der Waals surface area (Å²) in [5.41, 5.74) is 1.28. The zero-order chi connectivity index (χ0) is 16.0. The van der Waals surface area contributed by atoms with E-state index in [2.05, 4.69) is 5.32 Å². The van der Waals surface area contributed by atoms with Crippen LogP contribution in [0.1, 0.15) is 30.4 Å². The molecular formula is C16H22N2O3S. The zero-order valence-electron chi connectivity index (χ0n) is 13.1. The van der Waals surface area contributed by atoms with E-state index >= 15 is 0 Å². The number of nitrogens with one attached hydrogen (secondary N) is 1. The fraction of sp³-hybridized carbons (Fsp3) is 0.562. The Bertz CT molecular complexity index is 714. The van der Waals surface area contributed by atoms with Gasteiger partial charge in [0.15, 0.2) is 0 Å². The van der Waals surface area contributed by atoms with Crippen molar-refractivity contribution in [3.63, 3.8) is 0 Å². The Morgan fingerprint density at radius 3 is 2.64 bits per heavy atom. The first-order chi connectivity index (χ1) is 10.3. The lowest BCUT2D eigenvalue weighted by Crippen LogP contribution is -2.49. The van der Waals surface area contributed by atoms with Crippen LogP contribution in [0.15, 0.2) is 23.1 Å². The molecule has 1 aromatic rings. The second-order valence-electron chi connectivity index (χ2n) is 6.50. The Hall–Kier alpha value is -1.40. The fourth-order valence-electron chi connectivity index (χ4n) is 3.63. The van der Waals surface area contributed by atoms with Crippen molar-refractivity contribution in [1.82, 2.24) is 9.62 Å². The minimum Gasteiger partial charge on any atom is -0.356 e. The van der Waals surface area contributed by atoms with Crippen LogP contribution >= 0.6 is 0 Å². The second kappa shape index (κ2) is 5.35. The molecule has 1 unspecified atom stereocenters. The summed E-state index contributed by atoms with van der Waals surface area (Å²) in [5.74, 6) is 0.00743. The number of nitrogens with zero attached hydrogens (tertiary/aromatic N) is 1. The van der Waals surface area contributed by atoms with Crippen molar-refractivity contribution in [1.29, 1.82) is 0 Å². The van der Waals surface area contributed by atoms with E-state index in [1.165, 1.54) is 4.31 Å². The van der Waals surface area contributed by atoms with Gasteiger partial charge in [0.2, 0.25) is 15.9 Å². The third-order valence-corrected chi connectivity index (χ3v) is 6.87. The minimum absolute atomic E-state index is 0.00743. The Balaban J connectivity index is 1.93. The summed E-state index contributed by atoms with van der Waals surface area (Å²) in [6, 6.07) is 5.38. The normalized spacial score (nSPS) is 26.4. The van der Waals surface area contributed by atoms with Crippen LogP contribution in [0.25, 0.3) is 0 Å². The van der Waals surface area contributed by atoms with Gasteiger partial charge in [0.1, 0.15) is 0 Å². The monoisotopic (exact) mass is 322 g/mol. The molecule has 5 nitrogen and oxygen atoms in total. The predicted molar refractivity (Wildman–Crippen MR) is 84.0 cm³/mol. The van der Waals surface area contributed by atoms with E-state index in [0.717, 1.165) is 30.4 Å². The number of carbonyl (C=O) groups excluding carboxylic acids is 1. The third kappa shape index (κ3) is 2.44. The Morgan fingerprint density at radius 1 is 1.23 bits per heavy atom. The number of carbonyl (C=O) groups is 1. The maximum atomic E-state index is 13.0. The van der Waals surface area contributed by atoms with Crippen LogP contribution in [0, 0.1) is 19.3 Å². The van der Waals surface area contributed by atoms with Crippen molar-refractivity contribution in [2.75, 3.05) is 19.6 Å². The smallest absolute Gasteiger partial charge is 0.243 e. The third-order valence-electron chi connectivity index (χ3n) is 4.86. The van der Waals surface area contributed by atoms with Crippen LogP contribution in [0.4, 0.5) is 0 Å². The Morgan fingerprint density at radius 2 is 2.00 bits per heavy atom. The standard InChI is InChI=1S/C16H22N2O3S/c1-12-4-5-14(13(2)10-12)22(20,21)18-9-3-6-16(11-18)7-8-17-15(16)19/h4-5,10H,3,6-9,11H2,1-2H3,(H,17,19). The van der Waals surface area contributed by atoms with E-state index in [0.29, 0.717) is 24.5 Å². The molecule has 2 aliphatic heterocycles. The molecule has 1 spiro atoms. The number of aryl methyl sites for hydroxylation is 2. The van der Waals surface area contributed by atoms with Gasteiger partial charge >= 0.3 is 0 Å². The van der Waals surface area contributed by atoms with Crippen molar-refractivity contribution in [3.8, 4) is 0 Å². The van der Waals surface area contributed by atoms with Gasteiger partial charge in [0.05, 0.1) is 10.3 Å². The SMILES string of the molecule is Cc1ccc(S(=O)(=O)N2CCCC3(CCNC3=O)C2)c(C)c1. The van der Waals surface area contributed by atoms with Crippen LogP contribution in [0.5, 0.6) is 0 Å². The number of piperidine rings is 1. The molecule has 2 fully saturated rings. The maximum absolute atomic E-state index is 13.0. The Labute approximate surface area is 131 Å². The summed E-state index contributed by atoms with van der Waals surface area (Å²) in [4.78, 5) is 12.5. The molecule has 0 radical (unpaired) electrons. The molecule has 22 heavy (non-hydrogen) atoms. The first kappa shape index (κ1) is 15.5. The molecule has 0 aromatic heterocycles. The predicted octanol–water partition coefficient (Wildman–Crippen LogP) is 1.59. The second-order valence-corrected chi connectivity index (χ2v) is 8.40. The molecule has 2 saturated heterocycles. The van der Waals surface area contributed by atoms with Crippen LogP contribution in [-0.2, 0) is 14.8 Å². The average molecular weight is 322 g/mol. The van der Waals surface area contributed by atoms with E-state index in [-0.39, 0.29) is 5.91 Å². The van der Waals surface area contributed by atoms with Gasteiger partial charge in [-0.3, -0.25) is 4.79 Å². The zero-order valence-corrected chi connectivity index (χ0v) is 13.9. The van der Waals surface area contributed by atoms with Gasteiger partial charge in [0.25, 0.3) is 0 Å². The molecule has 1 N–H and O–H groups in total. The number of hydrogen-bond acceptors (Lipinski definition) is 3. The van der Waals surface area contributed by atoms with Gasteiger partial charge in [-0.2, -0.15) is 4.31 Å². The van der Waals surface area contributed by atoms with E-state index < -0.39 is 15.4 Å². The van der Waals surface area contributed by atoms with Gasteiger partial charge < -0.3 is 5.32 Å². The molecule has 1 amide bonds. The van der Waals surface area contributed by atoms with Crippen LogP contribution < -0.4 is 5.32 Å². The van der Waals surface area contributed by atoms with Gasteiger partial charge in [-0.25, -0.2) is 8.42 Å². The molecule has 0 saturated carbocycles. The molecule has 1 aromatic carbocycles. The van der Waals surface area contributed by atoms with Gasteiger partial charge in [-0.15, -0.1) is 0 Å². The lowest BCUT2D eigenvalue weighted by molar-refractivity contribution is -0.129. The van der Waals surface area contributed by atoms with Crippen LogP contribution in [0.3, 0.4) is 0 Å². The van der Waals surface area contributed by atoms with E-state index in [9.17, 15) is 13.2 Å². The quantitative estimate of drug-likeness (QED) is 0.899. The van der Waals surface area contributed by atoms with E-state index in [4.69, 9.17) is 0 Å². The molecule has 120 valence electrons. The highest BCUT2D eigenvalue weighted by molar-refractivity contribution is 7.89. The van der Waals surface area contributed by atoms with Crippen molar-refractivity contribution in [2.24, 2.45) is 5.41 Å². The number of hydrogen-bond donors (Lipinski definition) is 1. The molecule has 0 aliphatic carbocycles. The minimum atomic E-state index is -3.54.